The molecule has 0 unspecified atom stereocenters. The predicted molar refractivity (Wildman–Crippen MR) is 134 cm³/mol. The van der Waals surface area contributed by atoms with Gasteiger partial charge in [0.25, 0.3) is 5.91 Å². The molecule has 2 atom stereocenters. The number of nitrogens with zero attached hydrogens (tertiary/aromatic N) is 2. The Bertz CT molecular complexity index is 1250. The number of piperidine rings is 1. The van der Waals surface area contributed by atoms with Gasteiger partial charge in [-0.3, -0.25) is 9.78 Å². The van der Waals surface area contributed by atoms with Crippen molar-refractivity contribution in [1.82, 2.24) is 14.6 Å². The first-order chi connectivity index (χ1) is 16.3. The maximum atomic E-state index is 13.0. The largest absolute Gasteiger partial charge is 0.481 e. The molecule has 4 rings (SSSR count). The van der Waals surface area contributed by atoms with Crippen LogP contribution in [0.3, 0.4) is 0 Å². The Morgan fingerprint density at radius 1 is 1.21 bits per heavy atom. The van der Waals surface area contributed by atoms with E-state index in [0.29, 0.717) is 25.4 Å². The number of carbonyl (C=O) groups is 1. The highest BCUT2D eigenvalue weighted by atomic mass is 32.2. The second-order valence-corrected chi connectivity index (χ2v) is 9.81. The van der Waals surface area contributed by atoms with Crippen molar-refractivity contribution in [1.29, 1.82) is 0 Å². The Morgan fingerprint density at radius 3 is 2.71 bits per heavy atom. The summed E-state index contributed by atoms with van der Waals surface area (Å²) in [6.07, 6.45) is 2.90. The highest BCUT2D eigenvalue weighted by Gasteiger charge is 2.28. The van der Waals surface area contributed by atoms with Crippen LogP contribution in [-0.4, -0.2) is 49.9 Å². The van der Waals surface area contributed by atoms with Crippen LogP contribution in [0.5, 0.6) is 5.75 Å². The average molecular weight is 482 g/mol. The van der Waals surface area contributed by atoms with Crippen molar-refractivity contribution < 1.29 is 17.9 Å². The van der Waals surface area contributed by atoms with Crippen LogP contribution >= 0.6 is 0 Å². The summed E-state index contributed by atoms with van der Waals surface area (Å²) in [5, 5.41) is 1.04. The number of amides is 1. The number of thiol groups is 1. The van der Waals surface area contributed by atoms with E-state index in [2.05, 4.69) is 41.8 Å². The first kappa shape index (κ1) is 24.2. The van der Waals surface area contributed by atoms with Gasteiger partial charge in [0.05, 0.1) is 5.52 Å². The molecule has 180 valence electrons. The molecule has 0 saturated carbocycles. The van der Waals surface area contributed by atoms with Crippen LogP contribution in [-0.2, 0) is 15.7 Å². The molecule has 3 aromatic rings. The van der Waals surface area contributed by atoms with E-state index in [0.717, 1.165) is 29.3 Å². The van der Waals surface area contributed by atoms with E-state index < -0.39 is 17.0 Å². The summed E-state index contributed by atoms with van der Waals surface area (Å²) >= 11 is 0. The molecule has 2 heterocycles. The molecule has 0 aliphatic carbocycles. The van der Waals surface area contributed by atoms with Gasteiger partial charge in [0.2, 0.25) is 10.9 Å². The lowest BCUT2D eigenvalue weighted by Gasteiger charge is -2.34. The fourth-order valence-electron chi connectivity index (χ4n) is 4.81. The predicted octanol–water partition coefficient (Wildman–Crippen LogP) is 3.64. The number of nitrogens with one attached hydrogen (secondary N) is 1. The Labute approximate surface area is 202 Å². The first-order valence-corrected chi connectivity index (χ1v) is 12.8. The normalized spacial score (nSPS) is 17.2. The molecule has 34 heavy (non-hydrogen) atoms. The lowest BCUT2D eigenvalue weighted by atomic mass is 9.93. The van der Waals surface area contributed by atoms with Crippen molar-refractivity contribution in [2.75, 3.05) is 19.6 Å². The molecule has 0 bridgehead atoms. The molecule has 1 aliphatic rings. The minimum atomic E-state index is -2.62. The van der Waals surface area contributed by atoms with Gasteiger partial charge in [-0.05, 0) is 80.0 Å². The summed E-state index contributed by atoms with van der Waals surface area (Å²) in [6, 6.07) is 14.1. The molecule has 0 spiro atoms. The van der Waals surface area contributed by atoms with Crippen LogP contribution in [0.4, 0.5) is 0 Å². The summed E-state index contributed by atoms with van der Waals surface area (Å²) in [6.45, 7) is 7.52. The van der Waals surface area contributed by atoms with Gasteiger partial charge < -0.3 is 9.64 Å². The molecule has 1 aliphatic heterocycles. The van der Waals surface area contributed by atoms with Crippen molar-refractivity contribution in [2.45, 2.75) is 39.7 Å². The van der Waals surface area contributed by atoms with Crippen LogP contribution in [0.2, 0.25) is 0 Å². The van der Waals surface area contributed by atoms with Gasteiger partial charge in [0.1, 0.15) is 5.75 Å². The lowest BCUT2D eigenvalue weighted by molar-refractivity contribution is -0.139. The number of hydrogen-bond donors (Lipinski definition) is 2. The molecular weight excluding hydrogens is 450 g/mol. The number of rotatable bonds is 7. The van der Waals surface area contributed by atoms with Crippen molar-refractivity contribution in [3.8, 4) is 16.9 Å². The molecule has 1 amide bonds. The van der Waals surface area contributed by atoms with Gasteiger partial charge >= 0.3 is 0 Å². The summed E-state index contributed by atoms with van der Waals surface area (Å²) in [5.41, 5.74) is 5.58. The smallest absolute Gasteiger partial charge is 0.263 e. The quantitative estimate of drug-likeness (QED) is 0.503. The van der Waals surface area contributed by atoms with E-state index >= 15 is 0 Å². The Hall–Kier alpha value is -2.97. The number of carbonyl (C=O) groups excluding carboxylic acids is 1. The van der Waals surface area contributed by atoms with Gasteiger partial charge in [-0.2, -0.15) is 0 Å². The van der Waals surface area contributed by atoms with Crippen molar-refractivity contribution in [3.63, 3.8) is 0 Å². The van der Waals surface area contributed by atoms with Gasteiger partial charge in [-0.1, -0.05) is 18.2 Å². The van der Waals surface area contributed by atoms with Crippen LogP contribution in [0, 0.1) is 19.8 Å². The molecule has 0 radical (unpaired) electrons. The van der Waals surface area contributed by atoms with Gasteiger partial charge in [0, 0.05) is 37.3 Å². The third kappa shape index (κ3) is 5.39. The SMILES string of the molecule is Cc1cccc(C)c1-c1ccnc2cc(O[C@H](C)C(=O)N3CCC[C@H](CN[SH](=O)=O)C3)ccc12. The Balaban J connectivity index is 1.50. The molecule has 7 nitrogen and oxygen atoms in total. The van der Waals surface area contributed by atoms with Crippen molar-refractivity contribution >= 4 is 27.7 Å². The zero-order chi connectivity index (χ0) is 24.2. The highest BCUT2D eigenvalue weighted by Crippen LogP contribution is 2.34. The monoisotopic (exact) mass is 481 g/mol. The standard InChI is InChI=1S/C26H31N3O4S/c1-17-6-4-7-18(2)25(17)23-11-12-27-24-14-21(9-10-22(23)24)33-19(3)26(30)29-13-5-8-20(16-29)15-28-34(31)32/h4,6-7,9-12,14,19-20,34H,5,8,13,15-16H2,1-3H3,(H,28,31,32)/t19-,20-/m1/s1. The van der Waals surface area contributed by atoms with Crippen LogP contribution in [0.15, 0.2) is 48.7 Å². The van der Waals surface area contributed by atoms with Crippen molar-refractivity contribution in [3.05, 3.63) is 59.8 Å². The molecule has 1 saturated heterocycles. The van der Waals surface area contributed by atoms with Crippen LogP contribution < -0.4 is 9.46 Å². The maximum absolute atomic E-state index is 13.0. The average Bonchev–Trinajstić information content (AvgIpc) is 2.82. The summed E-state index contributed by atoms with van der Waals surface area (Å²) in [5.74, 6) is 0.623. The third-order valence-electron chi connectivity index (χ3n) is 6.47. The fraction of sp³-hybridized carbons (Fsp3) is 0.385. The summed E-state index contributed by atoms with van der Waals surface area (Å²) in [4.78, 5) is 19.3. The molecule has 2 aromatic carbocycles. The molecular formula is C26H31N3O4S. The maximum Gasteiger partial charge on any atom is 0.263 e. The number of benzene rings is 2. The first-order valence-electron chi connectivity index (χ1n) is 11.6. The zero-order valence-electron chi connectivity index (χ0n) is 19.8. The van der Waals surface area contributed by atoms with Crippen molar-refractivity contribution in [2.24, 2.45) is 5.92 Å². The Kier molecular flexibility index (Phi) is 7.48. The minimum Gasteiger partial charge on any atom is -0.481 e. The van der Waals surface area contributed by atoms with Gasteiger partial charge in [-0.15, -0.1) is 0 Å². The van der Waals surface area contributed by atoms with E-state index in [1.807, 2.05) is 24.3 Å². The minimum absolute atomic E-state index is 0.0893. The number of aromatic nitrogens is 1. The molecule has 1 fully saturated rings. The highest BCUT2D eigenvalue weighted by molar-refractivity contribution is 7.70. The number of likely N-dealkylation sites (tertiary alicyclic amines) is 1. The second kappa shape index (κ2) is 10.5. The molecule has 1 N–H and O–H groups in total. The topological polar surface area (TPSA) is 88.6 Å². The fourth-order valence-corrected chi connectivity index (χ4v) is 5.21. The lowest BCUT2D eigenvalue weighted by Crippen LogP contribution is -2.47. The number of aryl methyl sites for hydroxylation is 2. The number of fused-ring (bicyclic) bond motifs is 1. The van der Waals surface area contributed by atoms with E-state index in [-0.39, 0.29) is 11.8 Å². The van der Waals surface area contributed by atoms with Crippen LogP contribution in [0.25, 0.3) is 22.0 Å². The Morgan fingerprint density at radius 2 is 1.97 bits per heavy atom. The zero-order valence-corrected chi connectivity index (χ0v) is 20.7. The van der Waals surface area contributed by atoms with E-state index in [1.165, 1.54) is 16.7 Å². The van der Waals surface area contributed by atoms with Gasteiger partial charge in [0.15, 0.2) is 6.10 Å². The van der Waals surface area contributed by atoms with Gasteiger partial charge in [-0.25, -0.2) is 13.1 Å². The van der Waals surface area contributed by atoms with E-state index in [4.69, 9.17) is 4.74 Å². The summed E-state index contributed by atoms with van der Waals surface area (Å²) < 4.78 is 30.1. The number of hydrogen-bond acceptors (Lipinski definition) is 5. The van der Waals surface area contributed by atoms with Crippen LogP contribution in [0.1, 0.15) is 30.9 Å². The van der Waals surface area contributed by atoms with E-state index in [9.17, 15) is 13.2 Å². The molecule has 8 heteroatoms. The second-order valence-electron chi connectivity index (χ2n) is 8.98. The van der Waals surface area contributed by atoms with E-state index in [1.54, 1.807) is 18.0 Å². The number of pyridine rings is 1. The number of ether oxygens (including phenoxy) is 1. The molecule has 1 aromatic heterocycles. The summed E-state index contributed by atoms with van der Waals surface area (Å²) in [7, 11) is -2.62. The third-order valence-corrected chi connectivity index (χ3v) is 6.91.